The predicted octanol–water partition coefficient (Wildman–Crippen LogP) is 3.19. The first-order chi connectivity index (χ1) is 14.3. The summed E-state index contributed by atoms with van der Waals surface area (Å²) >= 11 is 0. The largest absolute Gasteiger partial charge is 0.491 e. The first-order valence-corrected chi connectivity index (χ1v) is 13.3. The molecule has 1 aromatic rings. The zero-order valence-electron chi connectivity index (χ0n) is 18.9. The molecule has 0 bridgehead atoms. The second-order valence-electron chi connectivity index (χ2n) is 9.08. The van der Waals surface area contributed by atoms with Crippen LogP contribution in [0.3, 0.4) is 0 Å². The Hall–Kier alpha value is -1.15. The number of likely N-dealkylation sites (tertiary alicyclic amines) is 2. The third-order valence-corrected chi connectivity index (χ3v) is 7.46. The van der Waals surface area contributed by atoms with E-state index in [1.54, 1.807) is 4.31 Å². The van der Waals surface area contributed by atoms with Gasteiger partial charge < -0.3 is 9.64 Å². The molecule has 0 unspecified atom stereocenters. The zero-order valence-corrected chi connectivity index (χ0v) is 19.7. The number of piperidine rings is 2. The van der Waals surface area contributed by atoms with Gasteiger partial charge in [0.1, 0.15) is 5.75 Å². The molecule has 0 aromatic heterocycles. The van der Waals surface area contributed by atoms with Gasteiger partial charge in [0, 0.05) is 37.8 Å². The van der Waals surface area contributed by atoms with Crippen molar-refractivity contribution in [3.05, 3.63) is 29.8 Å². The van der Waals surface area contributed by atoms with Gasteiger partial charge in [-0.05, 0) is 65.2 Å². The van der Waals surface area contributed by atoms with Gasteiger partial charge in [-0.1, -0.05) is 24.6 Å². The van der Waals surface area contributed by atoms with E-state index in [2.05, 4.69) is 15.9 Å². The lowest BCUT2D eigenvalue weighted by atomic mass is 10.0. The molecule has 1 atom stereocenters. The van der Waals surface area contributed by atoms with Crippen molar-refractivity contribution in [2.75, 3.05) is 45.5 Å². The molecule has 30 heavy (non-hydrogen) atoms. The van der Waals surface area contributed by atoms with Crippen LogP contribution in [0, 0.1) is 0 Å². The predicted molar refractivity (Wildman–Crippen MR) is 122 cm³/mol. The van der Waals surface area contributed by atoms with Crippen molar-refractivity contribution in [2.45, 2.75) is 64.6 Å². The second kappa shape index (κ2) is 10.9. The summed E-state index contributed by atoms with van der Waals surface area (Å²) < 4.78 is 33.0. The first kappa shape index (κ1) is 23.5. The van der Waals surface area contributed by atoms with Crippen LogP contribution in [0.1, 0.15) is 51.5 Å². The minimum absolute atomic E-state index is 0.0525. The van der Waals surface area contributed by atoms with Crippen LogP contribution in [0.4, 0.5) is 0 Å². The van der Waals surface area contributed by atoms with Gasteiger partial charge in [0.05, 0.1) is 12.4 Å². The fraction of sp³-hybridized carbons (Fsp3) is 0.739. The Labute approximate surface area is 183 Å². The molecule has 2 saturated heterocycles. The van der Waals surface area contributed by atoms with Crippen molar-refractivity contribution in [3.63, 3.8) is 0 Å². The monoisotopic (exact) mass is 437 g/mol. The van der Waals surface area contributed by atoms with Gasteiger partial charge in [-0.15, -0.1) is 0 Å². The van der Waals surface area contributed by atoms with Crippen LogP contribution in [0.15, 0.2) is 24.3 Å². The van der Waals surface area contributed by atoms with Gasteiger partial charge >= 0.3 is 0 Å². The summed E-state index contributed by atoms with van der Waals surface area (Å²) in [6.07, 6.45) is 7.22. The van der Waals surface area contributed by atoms with Crippen LogP contribution < -0.4 is 4.74 Å². The maximum absolute atomic E-state index is 12.6. The minimum atomic E-state index is -3.23. The van der Waals surface area contributed by atoms with E-state index in [1.165, 1.54) is 31.1 Å². The molecule has 6 nitrogen and oxygen atoms in total. The van der Waals surface area contributed by atoms with Gasteiger partial charge in [-0.3, -0.25) is 4.90 Å². The van der Waals surface area contributed by atoms with Crippen molar-refractivity contribution in [1.29, 1.82) is 0 Å². The van der Waals surface area contributed by atoms with Crippen molar-refractivity contribution in [2.24, 2.45) is 0 Å². The van der Waals surface area contributed by atoms with Gasteiger partial charge in [-0.2, -0.15) is 4.31 Å². The molecular formula is C23H39N3O3S. The number of para-hydroxylation sites is 1. The maximum atomic E-state index is 12.6. The molecule has 0 amide bonds. The topological polar surface area (TPSA) is 53.1 Å². The Morgan fingerprint density at radius 2 is 1.77 bits per heavy atom. The second-order valence-corrected chi connectivity index (χ2v) is 11.0. The van der Waals surface area contributed by atoms with Gasteiger partial charge in [0.15, 0.2) is 0 Å². The Morgan fingerprint density at radius 3 is 2.47 bits per heavy atom. The van der Waals surface area contributed by atoms with Crippen LogP contribution in [0.2, 0.25) is 0 Å². The molecule has 7 heteroatoms. The lowest BCUT2D eigenvalue weighted by Gasteiger charge is -2.39. The van der Waals surface area contributed by atoms with Gasteiger partial charge in [0.25, 0.3) is 0 Å². The quantitative estimate of drug-likeness (QED) is 0.594. The minimum Gasteiger partial charge on any atom is -0.491 e. The Balaban J connectivity index is 1.64. The number of hydrogen-bond acceptors (Lipinski definition) is 5. The fourth-order valence-electron chi connectivity index (χ4n) is 4.70. The molecule has 0 N–H and O–H groups in total. The number of ether oxygens (including phenoxy) is 1. The number of hydrogen-bond donors (Lipinski definition) is 0. The summed E-state index contributed by atoms with van der Waals surface area (Å²) in [5.74, 6) is 0.930. The highest BCUT2D eigenvalue weighted by Crippen LogP contribution is 2.25. The van der Waals surface area contributed by atoms with Crippen molar-refractivity contribution >= 4 is 10.0 Å². The molecular weight excluding hydrogens is 398 g/mol. The van der Waals surface area contributed by atoms with Crippen LogP contribution in [-0.2, 0) is 16.6 Å². The zero-order chi connectivity index (χ0) is 21.6. The molecule has 1 aromatic carbocycles. The Kier molecular flexibility index (Phi) is 8.57. The average molecular weight is 438 g/mol. The SMILES string of the molecule is CC(C)Oc1ccccc1CN1CCC[C@H](N(CCN2CCCCC2)S(C)(=O)=O)C1. The van der Waals surface area contributed by atoms with Crippen molar-refractivity contribution < 1.29 is 13.2 Å². The third kappa shape index (κ3) is 6.94. The summed E-state index contributed by atoms with van der Waals surface area (Å²) in [4.78, 5) is 4.80. The number of sulfonamides is 1. The number of benzene rings is 1. The summed E-state index contributed by atoms with van der Waals surface area (Å²) in [5.41, 5.74) is 1.17. The molecule has 0 radical (unpaired) electrons. The van der Waals surface area contributed by atoms with Crippen LogP contribution in [0.5, 0.6) is 5.75 Å². The molecule has 2 heterocycles. The van der Waals surface area contributed by atoms with Crippen LogP contribution in [-0.4, -0.2) is 80.2 Å². The average Bonchev–Trinajstić information content (AvgIpc) is 2.69. The summed E-state index contributed by atoms with van der Waals surface area (Å²) in [7, 11) is -3.23. The molecule has 170 valence electrons. The molecule has 2 aliphatic heterocycles. The van der Waals surface area contributed by atoms with E-state index in [9.17, 15) is 8.42 Å². The van der Waals surface area contributed by atoms with Gasteiger partial charge in [0.2, 0.25) is 10.0 Å². The smallest absolute Gasteiger partial charge is 0.211 e. The lowest BCUT2D eigenvalue weighted by molar-refractivity contribution is 0.128. The lowest BCUT2D eigenvalue weighted by Crippen LogP contribution is -2.51. The first-order valence-electron chi connectivity index (χ1n) is 11.5. The van der Waals surface area contributed by atoms with E-state index in [0.29, 0.717) is 6.54 Å². The van der Waals surface area contributed by atoms with E-state index in [-0.39, 0.29) is 12.1 Å². The standard InChI is InChI=1S/C23H39N3O3S/c1-20(2)29-23-12-6-5-10-21(23)18-25-15-9-11-22(19-25)26(30(3,27)28)17-16-24-13-7-4-8-14-24/h5-6,10,12,20,22H,4,7-9,11,13-19H2,1-3H3/t22-/m0/s1. The molecule has 3 rings (SSSR count). The maximum Gasteiger partial charge on any atom is 0.211 e. The molecule has 2 fully saturated rings. The third-order valence-electron chi connectivity index (χ3n) is 6.13. The highest BCUT2D eigenvalue weighted by atomic mass is 32.2. The molecule has 0 aliphatic carbocycles. The summed E-state index contributed by atoms with van der Waals surface area (Å²) in [6.45, 7) is 10.3. The van der Waals surface area contributed by atoms with Crippen LogP contribution >= 0.6 is 0 Å². The highest BCUT2D eigenvalue weighted by Gasteiger charge is 2.31. The van der Waals surface area contributed by atoms with E-state index in [0.717, 1.165) is 57.9 Å². The van der Waals surface area contributed by atoms with E-state index < -0.39 is 10.0 Å². The van der Waals surface area contributed by atoms with E-state index in [4.69, 9.17) is 4.74 Å². The number of nitrogens with zero attached hydrogens (tertiary/aromatic N) is 3. The van der Waals surface area contributed by atoms with Crippen LogP contribution in [0.25, 0.3) is 0 Å². The van der Waals surface area contributed by atoms with Crippen molar-refractivity contribution in [3.8, 4) is 5.75 Å². The van der Waals surface area contributed by atoms with E-state index in [1.807, 2.05) is 32.0 Å². The summed E-state index contributed by atoms with van der Waals surface area (Å²) in [5, 5.41) is 0. The molecule has 0 saturated carbocycles. The Bertz CT molecular complexity index is 763. The Morgan fingerprint density at radius 1 is 1.07 bits per heavy atom. The van der Waals surface area contributed by atoms with Gasteiger partial charge in [-0.25, -0.2) is 8.42 Å². The summed E-state index contributed by atoms with van der Waals surface area (Å²) in [6, 6.07) is 8.25. The van der Waals surface area contributed by atoms with E-state index >= 15 is 0 Å². The normalized spacial score (nSPS) is 22.0. The fourth-order valence-corrected chi connectivity index (χ4v) is 5.82. The molecule has 2 aliphatic rings. The highest BCUT2D eigenvalue weighted by molar-refractivity contribution is 7.88. The van der Waals surface area contributed by atoms with Crippen molar-refractivity contribution in [1.82, 2.24) is 14.1 Å². The number of rotatable bonds is 9. The molecule has 0 spiro atoms.